The minimum Gasteiger partial charge on any atom is -0.480 e. The summed E-state index contributed by atoms with van der Waals surface area (Å²) in [4.78, 5) is 47.4. The van der Waals surface area contributed by atoms with E-state index in [9.17, 15) is 34.5 Å². The van der Waals surface area contributed by atoms with Crippen molar-refractivity contribution in [2.45, 2.75) is 63.3 Å². The zero-order valence-corrected chi connectivity index (χ0v) is 15.7. The van der Waals surface area contributed by atoms with Crippen LogP contribution in [0.15, 0.2) is 0 Å². The molecule has 0 aromatic rings. The van der Waals surface area contributed by atoms with Crippen molar-refractivity contribution in [3.05, 3.63) is 0 Å². The highest BCUT2D eigenvalue weighted by Crippen LogP contribution is 2.01. The molecule has 13 heteroatoms. The van der Waals surface area contributed by atoms with Gasteiger partial charge in [-0.2, -0.15) is 0 Å². The smallest absolute Gasteiger partial charge is 0.328 e. The lowest BCUT2D eigenvalue weighted by molar-refractivity contribution is -0.146. The molecule has 0 aromatic heterocycles. The average Bonchev–Trinajstić information content (AvgIpc) is 2.59. The van der Waals surface area contributed by atoms with E-state index >= 15 is 0 Å². The number of carbonyl (C=O) groups excluding carboxylic acids is 3. The molecule has 0 aliphatic carbocycles. The van der Waals surface area contributed by atoms with Crippen LogP contribution in [0.2, 0.25) is 0 Å². The Balaban J connectivity index is 5.32. The number of carboxylic acid groups (broad SMARTS) is 1. The summed E-state index contributed by atoms with van der Waals surface area (Å²) in [5, 5.41) is 52.9. The number of nitrogens with two attached hydrogens (primary N) is 1. The number of aliphatic hydroxyl groups is 4. The Labute approximate surface area is 160 Å². The van der Waals surface area contributed by atoms with Crippen LogP contribution in [0.5, 0.6) is 0 Å². The van der Waals surface area contributed by atoms with Crippen molar-refractivity contribution in [2.24, 2.45) is 5.73 Å². The number of carbonyl (C=O) groups is 4. The highest BCUT2D eigenvalue weighted by Gasteiger charge is 2.35. The molecule has 0 aliphatic rings. The molecule has 3 amide bonds. The van der Waals surface area contributed by atoms with Gasteiger partial charge in [0.15, 0.2) is 6.04 Å². The Morgan fingerprint density at radius 2 is 1.07 bits per heavy atom. The molecule has 7 unspecified atom stereocenters. The van der Waals surface area contributed by atoms with Gasteiger partial charge in [-0.3, -0.25) is 14.4 Å². The van der Waals surface area contributed by atoms with Gasteiger partial charge in [0.05, 0.1) is 24.9 Å². The Morgan fingerprint density at radius 3 is 1.36 bits per heavy atom. The summed E-state index contributed by atoms with van der Waals surface area (Å²) in [5.41, 5.74) is 5.32. The van der Waals surface area contributed by atoms with Crippen LogP contribution in [-0.2, 0) is 19.2 Å². The first kappa shape index (κ1) is 25.7. The normalized spacial score (nSPS) is 18.6. The molecule has 13 nitrogen and oxygen atoms in total. The first-order chi connectivity index (χ1) is 12.8. The summed E-state index contributed by atoms with van der Waals surface area (Å²) in [6, 6.07) is -6.28. The van der Waals surface area contributed by atoms with Crippen LogP contribution in [0.4, 0.5) is 0 Å². The first-order valence-corrected chi connectivity index (χ1v) is 8.38. The lowest BCUT2D eigenvalue weighted by Crippen LogP contribution is -2.62. The molecule has 0 spiro atoms. The molecule has 0 rings (SSSR count). The van der Waals surface area contributed by atoms with Gasteiger partial charge in [0.25, 0.3) is 0 Å². The second-order valence-corrected chi connectivity index (χ2v) is 6.31. The maximum Gasteiger partial charge on any atom is 0.328 e. The van der Waals surface area contributed by atoms with Crippen molar-refractivity contribution in [1.29, 1.82) is 0 Å². The Hall–Kier alpha value is -2.32. The predicted octanol–water partition coefficient (Wildman–Crippen LogP) is -5.01. The topological polar surface area (TPSA) is 232 Å². The molecule has 0 bridgehead atoms. The minimum atomic E-state index is -1.69. The van der Waals surface area contributed by atoms with Crippen molar-refractivity contribution in [2.75, 3.05) is 6.61 Å². The largest absolute Gasteiger partial charge is 0.480 e. The van der Waals surface area contributed by atoms with Crippen molar-refractivity contribution in [1.82, 2.24) is 16.0 Å². The molecule has 28 heavy (non-hydrogen) atoms. The van der Waals surface area contributed by atoms with E-state index in [2.05, 4.69) is 10.6 Å². The number of hydrogen-bond donors (Lipinski definition) is 9. The summed E-state index contributed by atoms with van der Waals surface area (Å²) in [5.74, 6) is -4.66. The molecule has 0 radical (unpaired) electrons. The zero-order chi connectivity index (χ0) is 22.2. The van der Waals surface area contributed by atoms with Gasteiger partial charge in [0, 0.05) is 0 Å². The van der Waals surface area contributed by atoms with Gasteiger partial charge in [0.2, 0.25) is 17.7 Å². The van der Waals surface area contributed by atoms with Gasteiger partial charge in [-0.05, 0) is 20.8 Å². The molecule has 0 fully saturated rings. The minimum absolute atomic E-state index is 0.714. The number of hydrogen-bond acceptors (Lipinski definition) is 9. The third kappa shape index (κ3) is 7.74. The van der Waals surface area contributed by atoms with Crippen LogP contribution < -0.4 is 21.7 Å². The van der Waals surface area contributed by atoms with Crippen LogP contribution in [-0.4, -0.2) is 98.3 Å². The second-order valence-electron chi connectivity index (χ2n) is 6.31. The molecule has 10 N–H and O–H groups in total. The summed E-state index contributed by atoms with van der Waals surface area (Å²) < 4.78 is 0. The van der Waals surface area contributed by atoms with Crippen molar-refractivity contribution >= 4 is 23.7 Å². The molecule has 0 aliphatic heterocycles. The Bertz CT molecular complexity index is 568. The predicted molar refractivity (Wildman–Crippen MR) is 93.5 cm³/mol. The molecule has 162 valence electrons. The van der Waals surface area contributed by atoms with Gasteiger partial charge < -0.3 is 47.2 Å². The number of aliphatic hydroxyl groups excluding tert-OH is 4. The van der Waals surface area contributed by atoms with Crippen molar-refractivity contribution in [3.63, 3.8) is 0 Å². The Morgan fingerprint density at radius 1 is 0.750 bits per heavy atom. The lowest BCUT2D eigenvalue weighted by atomic mass is 10.1. The summed E-state index contributed by atoms with van der Waals surface area (Å²) in [6.07, 6.45) is -4.38. The van der Waals surface area contributed by atoms with Gasteiger partial charge in [0.1, 0.15) is 18.1 Å². The number of aliphatic carboxylic acids is 1. The maximum absolute atomic E-state index is 12.4. The number of nitrogens with one attached hydrogen (secondary N) is 3. The molecule has 0 saturated heterocycles. The monoisotopic (exact) mass is 408 g/mol. The van der Waals surface area contributed by atoms with Gasteiger partial charge in [-0.25, -0.2) is 4.79 Å². The van der Waals surface area contributed by atoms with Crippen LogP contribution >= 0.6 is 0 Å². The van der Waals surface area contributed by atoms with E-state index in [4.69, 9.17) is 15.9 Å². The number of rotatable bonds is 11. The van der Waals surface area contributed by atoms with Crippen molar-refractivity contribution in [3.8, 4) is 0 Å². The fraction of sp³-hybridized carbons (Fsp3) is 0.733. The fourth-order valence-corrected chi connectivity index (χ4v) is 2.03. The molecular weight excluding hydrogens is 380 g/mol. The summed E-state index contributed by atoms with van der Waals surface area (Å²) in [6.45, 7) is 2.72. The van der Waals surface area contributed by atoms with E-state index in [0.29, 0.717) is 0 Å². The van der Waals surface area contributed by atoms with Crippen molar-refractivity contribution < 1.29 is 44.7 Å². The highest BCUT2D eigenvalue weighted by molar-refractivity contribution is 5.94. The standard InChI is InChI=1S/C15H28N4O9/c1-5(21)9(17-12(24)8(16)4-20)13(25)18-10(6(2)22)14(26)19-11(7(3)23)15(27)28/h5-11,20-23H,4,16H2,1-3H3,(H,17,24)(H,18,25)(H,19,26)(H,27,28). The number of carboxylic acids is 1. The highest BCUT2D eigenvalue weighted by atomic mass is 16.4. The van der Waals surface area contributed by atoms with Crippen LogP contribution in [0.1, 0.15) is 20.8 Å². The molecule has 0 saturated carbocycles. The van der Waals surface area contributed by atoms with Crippen LogP contribution in [0, 0.1) is 0 Å². The lowest BCUT2D eigenvalue weighted by Gasteiger charge is -2.27. The quantitative estimate of drug-likeness (QED) is 0.158. The Kier molecular flexibility index (Phi) is 10.6. The molecule has 0 aromatic carbocycles. The molecule has 7 atom stereocenters. The van der Waals surface area contributed by atoms with Gasteiger partial charge >= 0.3 is 5.97 Å². The summed E-state index contributed by atoms with van der Waals surface area (Å²) >= 11 is 0. The second kappa shape index (κ2) is 11.5. The summed E-state index contributed by atoms with van der Waals surface area (Å²) in [7, 11) is 0. The first-order valence-electron chi connectivity index (χ1n) is 8.38. The zero-order valence-electron chi connectivity index (χ0n) is 15.7. The van der Waals surface area contributed by atoms with Gasteiger partial charge in [-0.15, -0.1) is 0 Å². The van der Waals surface area contributed by atoms with Gasteiger partial charge in [-0.1, -0.05) is 0 Å². The van der Waals surface area contributed by atoms with E-state index in [1.807, 2.05) is 5.32 Å². The maximum atomic E-state index is 12.4. The molecule has 0 heterocycles. The van der Waals surface area contributed by atoms with E-state index < -0.39 is 72.8 Å². The van der Waals surface area contributed by atoms with E-state index in [-0.39, 0.29) is 0 Å². The SMILES string of the molecule is CC(O)C(NC(=O)C(NC(=O)C(NC(=O)C(N)CO)C(C)O)C(C)O)C(=O)O. The van der Waals surface area contributed by atoms with Crippen LogP contribution in [0.25, 0.3) is 0 Å². The average molecular weight is 408 g/mol. The molecular formula is C15H28N4O9. The van der Waals surface area contributed by atoms with Crippen LogP contribution in [0.3, 0.4) is 0 Å². The van der Waals surface area contributed by atoms with E-state index in [1.54, 1.807) is 0 Å². The third-order valence-electron chi connectivity index (χ3n) is 3.70. The fourth-order valence-electron chi connectivity index (χ4n) is 2.03. The van der Waals surface area contributed by atoms with E-state index in [1.165, 1.54) is 6.92 Å². The van der Waals surface area contributed by atoms with E-state index in [0.717, 1.165) is 13.8 Å². The number of amides is 3. The third-order valence-corrected chi connectivity index (χ3v) is 3.70.